The van der Waals surface area contributed by atoms with Crippen molar-refractivity contribution in [3.63, 3.8) is 0 Å². The van der Waals surface area contributed by atoms with Crippen LogP contribution in [0.4, 0.5) is 4.79 Å². The highest BCUT2D eigenvalue weighted by atomic mass is 32.2. The number of carbonyl (C=O) groups excluding carboxylic acids is 2. The summed E-state index contributed by atoms with van der Waals surface area (Å²) in [6.07, 6.45) is 5.90. The number of hydrogen-bond donors (Lipinski definition) is 2. The second kappa shape index (κ2) is 11.0. The van der Waals surface area contributed by atoms with Crippen LogP contribution in [-0.2, 0) is 4.79 Å². The van der Waals surface area contributed by atoms with Crippen molar-refractivity contribution >= 4 is 23.9 Å². The third-order valence-corrected chi connectivity index (χ3v) is 4.77. The van der Waals surface area contributed by atoms with Gasteiger partial charge in [0.1, 0.15) is 12.3 Å². The normalized spacial score (nSPS) is 14.4. The molecule has 1 aliphatic rings. The monoisotopic (exact) mass is 391 g/mol. The molecule has 0 saturated carbocycles. The van der Waals surface area contributed by atoms with Crippen molar-refractivity contribution in [1.29, 1.82) is 0 Å². The number of allylic oxidation sites excluding steroid dienone is 1. The first-order chi connectivity index (χ1) is 13.0. The zero-order valence-electron chi connectivity index (χ0n) is 16.3. The molecule has 27 heavy (non-hydrogen) atoms. The molecule has 3 amide bonds. The number of imide groups is 1. The highest BCUT2D eigenvalue weighted by Gasteiger charge is 2.24. The second-order valence-corrected chi connectivity index (χ2v) is 7.94. The third kappa shape index (κ3) is 7.64. The molecule has 2 N–H and O–H groups in total. The van der Waals surface area contributed by atoms with Crippen LogP contribution in [0.2, 0.25) is 0 Å². The maximum absolute atomic E-state index is 11.4. The lowest BCUT2D eigenvalue weighted by Crippen LogP contribution is -2.28. The highest BCUT2D eigenvalue weighted by Crippen LogP contribution is 2.25. The fourth-order valence-corrected chi connectivity index (χ4v) is 3.15. The van der Waals surface area contributed by atoms with Gasteiger partial charge in [-0.25, -0.2) is 4.79 Å². The standard InChI is InChI=1S/C20H29N3O3S/c1-15(2)14-26-18-12-17(9-8-16(18)3)27-21-10-6-4-5-7-11-23-13-19(24)22-20(23)25/h5,7-9,12,15,21H,4,6,10-11,13-14H2,1-3H3,(H,22,24,25)/b7-5+. The lowest BCUT2D eigenvalue weighted by Gasteiger charge is -2.12. The summed E-state index contributed by atoms with van der Waals surface area (Å²) in [5.74, 6) is 1.22. The summed E-state index contributed by atoms with van der Waals surface area (Å²) in [6, 6.07) is 5.95. The number of urea groups is 1. The molecule has 0 spiro atoms. The average Bonchev–Trinajstić information content (AvgIpc) is 2.94. The van der Waals surface area contributed by atoms with Crippen LogP contribution in [0.25, 0.3) is 0 Å². The Hall–Kier alpha value is -1.99. The number of hydrogen-bond acceptors (Lipinski definition) is 5. The Bertz CT molecular complexity index is 676. The SMILES string of the molecule is Cc1ccc(SNCCC/C=C/CN2CC(=O)NC2=O)cc1OCC(C)C. The number of benzene rings is 1. The number of ether oxygens (including phenoxy) is 1. The first-order valence-corrected chi connectivity index (χ1v) is 10.1. The van der Waals surface area contributed by atoms with E-state index in [2.05, 4.69) is 49.0 Å². The second-order valence-electron chi connectivity index (χ2n) is 6.98. The lowest BCUT2D eigenvalue weighted by atomic mass is 10.2. The summed E-state index contributed by atoms with van der Waals surface area (Å²) >= 11 is 1.61. The van der Waals surface area contributed by atoms with Crippen molar-refractivity contribution in [2.24, 2.45) is 5.92 Å². The van der Waals surface area contributed by atoms with Gasteiger partial charge in [0.05, 0.1) is 6.61 Å². The molecule has 1 heterocycles. The minimum atomic E-state index is -0.308. The number of aryl methyl sites for hydroxylation is 1. The van der Waals surface area contributed by atoms with Crippen LogP contribution in [-0.4, -0.2) is 43.1 Å². The Morgan fingerprint density at radius 1 is 1.33 bits per heavy atom. The molecule has 1 aromatic carbocycles. The average molecular weight is 392 g/mol. The molecule has 0 radical (unpaired) electrons. The number of nitrogens with one attached hydrogen (secondary N) is 2. The molecule has 1 aliphatic heterocycles. The Balaban J connectivity index is 1.61. The lowest BCUT2D eigenvalue weighted by molar-refractivity contribution is -0.118. The van der Waals surface area contributed by atoms with Gasteiger partial charge in [0.25, 0.3) is 0 Å². The van der Waals surface area contributed by atoms with Crippen LogP contribution < -0.4 is 14.8 Å². The van der Waals surface area contributed by atoms with Gasteiger partial charge >= 0.3 is 6.03 Å². The third-order valence-electron chi connectivity index (χ3n) is 3.93. The molecular formula is C20H29N3O3S. The van der Waals surface area contributed by atoms with E-state index in [9.17, 15) is 9.59 Å². The fraction of sp³-hybridized carbons (Fsp3) is 0.500. The van der Waals surface area contributed by atoms with Crippen molar-refractivity contribution < 1.29 is 14.3 Å². The minimum absolute atomic E-state index is 0.154. The molecule has 0 bridgehead atoms. The molecule has 1 fully saturated rings. The predicted molar refractivity (Wildman–Crippen MR) is 109 cm³/mol. The van der Waals surface area contributed by atoms with Crippen molar-refractivity contribution in [3.8, 4) is 5.75 Å². The summed E-state index contributed by atoms with van der Waals surface area (Å²) in [6.45, 7) is 8.58. The van der Waals surface area contributed by atoms with Crippen molar-refractivity contribution in [2.75, 3.05) is 26.2 Å². The van der Waals surface area contributed by atoms with Crippen molar-refractivity contribution in [1.82, 2.24) is 14.9 Å². The van der Waals surface area contributed by atoms with E-state index < -0.39 is 0 Å². The smallest absolute Gasteiger partial charge is 0.324 e. The van der Waals surface area contributed by atoms with Gasteiger partial charge < -0.3 is 9.64 Å². The van der Waals surface area contributed by atoms with Crippen LogP contribution in [0.5, 0.6) is 5.75 Å². The molecule has 1 aromatic rings. The van der Waals surface area contributed by atoms with E-state index >= 15 is 0 Å². The summed E-state index contributed by atoms with van der Waals surface area (Å²) < 4.78 is 9.23. The number of carbonyl (C=O) groups is 2. The van der Waals surface area contributed by atoms with Gasteiger partial charge in [-0.2, -0.15) is 0 Å². The van der Waals surface area contributed by atoms with Gasteiger partial charge in [0.2, 0.25) is 5.91 Å². The summed E-state index contributed by atoms with van der Waals surface area (Å²) in [5.41, 5.74) is 1.15. The Kier molecular flexibility index (Phi) is 8.67. The van der Waals surface area contributed by atoms with Gasteiger partial charge in [0, 0.05) is 18.0 Å². The van der Waals surface area contributed by atoms with Crippen LogP contribution >= 0.6 is 11.9 Å². The molecule has 0 aliphatic carbocycles. The van der Waals surface area contributed by atoms with Crippen LogP contribution in [0.15, 0.2) is 35.2 Å². The van der Waals surface area contributed by atoms with Gasteiger partial charge in [-0.05, 0) is 55.3 Å². The summed E-state index contributed by atoms with van der Waals surface area (Å²) in [4.78, 5) is 25.1. The topological polar surface area (TPSA) is 70.7 Å². The predicted octanol–water partition coefficient (Wildman–Crippen LogP) is 3.51. The van der Waals surface area contributed by atoms with Gasteiger partial charge in [0.15, 0.2) is 0 Å². The molecule has 6 nitrogen and oxygen atoms in total. The largest absolute Gasteiger partial charge is 0.493 e. The minimum Gasteiger partial charge on any atom is -0.493 e. The van der Waals surface area contributed by atoms with Gasteiger partial charge in [-0.1, -0.05) is 32.1 Å². The quantitative estimate of drug-likeness (QED) is 0.261. The first-order valence-electron chi connectivity index (χ1n) is 9.32. The molecule has 2 rings (SSSR count). The van der Waals surface area contributed by atoms with Crippen molar-refractivity contribution in [3.05, 3.63) is 35.9 Å². The molecular weight excluding hydrogens is 362 g/mol. The molecule has 0 unspecified atom stereocenters. The number of amides is 3. The summed E-state index contributed by atoms with van der Waals surface area (Å²) in [7, 11) is 0. The molecule has 1 saturated heterocycles. The Morgan fingerprint density at radius 3 is 2.85 bits per heavy atom. The van der Waals surface area contributed by atoms with Crippen LogP contribution in [0, 0.1) is 12.8 Å². The highest BCUT2D eigenvalue weighted by molar-refractivity contribution is 7.97. The number of nitrogens with zero attached hydrogens (tertiary/aromatic N) is 1. The number of rotatable bonds is 11. The van der Waals surface area contributed by atoms with E-state index in [0.29, 0.717) is 12.5 Å². The number of unbranched alkanes of at least 4 members (excludes halogenated alkanes) is 1. The Labute approximate surface area is 165 Å². The van der Waals surface area contributed by atoms with E-state index in [1.165, 1.54) is 4.90 Å². The first kappa shape index (κ1) is 21.3. The van der Waals surface area contributed by atoms with E-state index in [1.807, 2.05) is 12.2 Å². The van der Waals surface area contributed by atoms with E-state index in [4.69, 9.17) is 4.74 Å². The maximum atomic E-state index is 11.4. The van der Waals surface area contributed by atoms with E-state index in [1.54, 1.807) is 11.9 Å². The molecule has 0 atom stereocenters. The molecule has 7 heteroatoms. The fourth-order valence-electron chi connectivity index (χ4n) is 2.43. The van der Waals surface area contributed by atoms with E-state index in [0.717, 1.165) is 42.2 Å². The van der Waals surface area contributed by atoms with Crippen LogP contribution in [0.3, 0.4) is 0 Å². The Morgan fingerprint density at radius 2 is 2.15 bits per heavy atom. The zero-order chi connectivity index (χ0) is 19.6. The zero-order valence-corrected chi connectivity index (χ0v) is 17.1. The van der Waals surface area contributed by atoms with Gasteiger partial charge in [-0.15, -0.1) is 0 Å². The van der Waals surface area contributed by atoms with Crippen molar-refractivity contribution in [2.45, 2.75) is 38.5 Å². The molecule has 0 aromatic heterocycles. The maximum Gasteiger partial charge on any atom is 0.324 e. The van der Waals surface area contributed by atoms with Crippen LogP contribution in [0.1, 0.15) is 32.3 Å². The van der Waals surface area contributed by atoms with E-state index in [-0.39, 0.29) is 18.5 Å². The van der Waals surface area contributed by atoms with Gasteiger partial charge in [-0.3, -0.25) is 14.8 Å². The molecule has 148 valence electrons. The summed E-state index contributed by atoms with van der Waals surface area (Å²) in [5, 5.41) is 2.26.